The van der Waals surface area contributed by atoms with Crippen LogP contribution in [0.4, 0.5) is 16.3 Å². The monoisotopic (exact) mass is 606 g/mol. The van der Waals surface area contributed by atoms with Gasteiger partial charge in [-0.2, -0.15) is 5.10 Å². The minimum absolute atomic E-state index is 0.0136. The molecule has 1 aliphatic rings. The average Bonchev–Trinajstić information content (AvgIpc) is 3.46. The second kappa shape index (κ2) is 13.8. The van der Waals surface area contributed by atoms with Crippen LogP contribution in [0.15, 0.2) is 84.9 Å². The second-order valence-corrected chi connectivity index (χ2v) is 12.7. The van der Waals surface area contributed by atoms with Crippen molar-refractivity contribution in [3.8, 4) is 5.69 Å². The minimum atomic E-state index is -0.339. The number of aryl methyl sites for hydroxylation is 1. The van der Waals surface area contributed by atoms with Crippen LogP contribution in [0.3, 0.4) is 0 Å². The van der Waals surface area contributed by atoms with Gasteiger partial charge >= 0.3 is 6.03 Å². The van der Waals surface area contributed by atoms with E-state index in [1.54, 1.807) is 28.9 Å². The number of urea groups is 1. The van der Waals surface area contributed by atoms with Gasteiger partial charge < -0.3 is 15.5 Å². The molecule has 2 heterocycles. The summed E-state index contributed by atoms with van der Waals surface area (Å²) in [6.45, 7) is 9.59. The van der Waals surface area contributed by atoms with Crippen molar-refractivity contribution >= 4 is 29.4 Å². The molecule has 0 radical (unpaired) electrons. The third-order valence-corrected chi connectivity index (χ3v) is 8.18. The Balaban J connectivity index is 1.17. The zero-order valence-corrected chi connectivity index (χ0v) is 26.5. The lowest BCUT2D eigenvalue weighted by Gasteiger charge is -2.32. The van der Waals surface area contributed by atoms with E-state index in [4.69, 9.17) is 5.10 Å². The quantitative estimate of drug-likeness (QED) is 0.218. The first-order valence-corrected chi connectivity index (χ1v) is 15.5. The third kappa shape index (κ3) is 8.17. The zero-order chi connectivity index (χ0) is 32.0. The van der Waals surface area contributed by atoms with Crippen LogP contribution >= 0.6 is 0 Å². The average molecular weight is 607 g/mol. The largest absolute Gasteiger partial charge is 0.343 e. The van der Waals surface area contributed by atoms with E-state index < -0.39 is 0 Å². The number of nitrogens with zero attached hydrogens (tertiary/aromatic N) is 3. The van der Waals surface area contributed by atoms with Crippen LogP contribution in [-0.4, -0.2) is 52.2 Å². The van der Waals surface area contributed by atoms with Crippen molar-refractivity contribution in [2.75, 3.05) is 30.3 Å². The summed E-state index contributed by atoms with van der Waals surface area (Å²) in [6, 6.07) is 26.4. The molecule has 4 amide bonds. The van der Waals surface area contributed by atoms with Crippen molar-refractivity contribution in [1.82, 2.24) is 20.0 Å². The van der Waals surface area contributed by atoms with E-state index in [0.717, 1.165) is 47.5 Å². The summed E-state index contributed by atoms with van der Waals surface area (Å²) in [7, 11) is 0. The van der Waals surface area contributed by atoms with E-state index in [9.17, 15) is 14.4 Å². The summed E-state index contributed by atoms with van der Waals surface area (Å²) in [5.41, 5.74) is 5.06. The van der Waals surface area contributed by atoms with Crippen LogP contribution in [0, 0.1) is 12.8 Å². The topological polar surface area (TPSA) is 108 Å². The number of likely N-dealkylation sites (tertiary alicyclic amines) is 1. The number of anilines is 2. The maximum Gasteiger partial charge on any atom is 0.324 e. The van der Waals surface area contributed by atoms with Crippen LogP contribution in [0.2, 0.25) is 0 Å². The number of rotatable bonds is 8. The summed E-state index contributed by atoms with van der Waals surface area (Å²) in [5, 5.41) is 13.6. The summed E-state index contributed by atoms with van der Waals surface area (Å²) in [5.74, 6) is 0.643. The summed E-state index contributed by atoms with van der Waals surface area (Å²) < 4.78 is 1.77. The van der Waals surface area contributed by atoms with Gasteiger partial charge in [0.05, 0.1) is 17.9 Å². The Labute approximate surface area is 265 Å². The lowest BCUT2D eigenvalue weighted by Crippen LogP contribution is -2.44. The Kier molecular flexibility index (Phi) is 9.66. The van der Waals surface area contributed by atoms with Crippen LogP contribution in [-0.2, 0) is 16.6 Å². The summed E-state index contributed by atoms with van der Waals surface area (Å²) >= 11 is 0. The minimum Gasteiger partial charge on any atom is -0.343 e. The standard InChI is InChI=1S/C36H42N6O3/c1-25-14-16-29(17-15-25)42-32(23-31(40-42)36(2,3)4)39-35(45)38-30-13-9-8-12-28(30)22-26-18-20-41(21-19-26)33(43)24-37-34(44)27-10-6-5-7-11-27/h5-17,23,26H,18-22,24H2,1-4H3,(H,37,44)(H2,38,39,45). The number of piperidine rings is 1. The van der Waals surface area contributed by atoms with Crippen molar-refractivity contribution in [3.63, 3.8) is 0 Å². The van der Waals surface area contributed by atoms with Gasteiger partial charge in [0.15, 0.2) is 0 Å². The van der Waals surface area contributed by atoms with Gasteiger partial charge in [0.1, 0.15) is 5.82 Å². The zero-order valence-electron chi connectivity index (χ0n) is 26.5. The fourth-order valence-electron chi connectivity index (χ4n) is 5.47. The molecule has 1 aliphatic heterocycles. The number of aromatic nitrogens is 2. The molecule has 3 aromatic carbocycles. The predicted octanol–water partition coefficient (Wildman–Crippen LogP) is 6.33. The molecule has 0 unspecified atom stereocenters. The van der Waals surface area contributed by atoms with E-state index >= 15 is 0 Å². The summed E-state index contributed by atoms with van der Waals surface area (Å²) in [4.78, 5) is 40.2. The van der Waals surface area contributed by atoms with E-state index in [1.165, 1.54) is 0 Å². The molecule has 0 aliphatic carbocycles. The Hall–Kier alpha value is -4.92. The molecule has 0 saturated carbocycles. The molecule has 9 nitrogen and oxygen atoms in total. The number of amides is 4. The van der Waals surface area contributed by atoms with Gasteiger partial charge in [-0.05, 0) is 68.0 Å². The second-order valence-electron chi connectivity index (χ2n) is 12.7. The molecule has 0 atom stereocenters. The molecule has 0 bridgehead atoms. The number of hydrogen-bond donors (Lipinski definition) is 3. The lowest BCUT2D eigenvalue weighted by atomic mass is 9.89. The van der Waals surface area contributed by atoms with Crippen molar-refractivity contribution < 1.29 is 14.4 Å². The molecule has 45 heavy (non-hydrogen) atoms. The molecule has 5 rings (SSSR count). The Bertz CT molecular complexity index is 1630. The molecule has 1 saturated heterocycles. The van der Waals surface area contributed by atoms with Crippen LogP contribution in [0.25, 0.3) is 5.69 Å². The first-order chi connectivity index (χ1) is 21.6. The Morgan fingerprint density at radius 1 is 0.867 bits per heavy atom. The van der Waals surface area contributed by atoms with Crippen LogP contribution in [0.5, 0.6) is 0 Å². The highest BCUT2D eigenvalue weighted by Crippen LogP contribution is 2.28. The molecular weight excluding hydrogens is 564 g/mol. The number of benzene rings is 3. The van der Waals surface area contributed by atoms with Crippen molar-refractivity contribution in [2.24, 2.45) is 5.92 Å². The molecule has 9 heteroatoms. The molecule has 0 spiro atoms. The highest BCUT2D eigenvalue weighted by molar-refractivity contribution is 6.00. The van der Waals surface area contributed by atoms with Gasteiger partial charge in [0, 0.05) is 35.8 Å². The van der Waals surface area contributed by atoms with E-state index in [1.807, 2.05) is 72.5 Å². The molecule has 4 aromatic rings. The highest BCUT2D eigenvalue weighted by Gasteiger charge is 2.25. The highest BCUT2D eigenvalue weighted by atomic mass is 16.2. The van der Waals surface area contributed by atoms with Crippen molar-refractivity contribution in [1.29, 1.82) is 0 Å². The van der Waals surface area contributed by atoms with Crippen molar-refractivity contribution in [3.05, 3.63) is 107 Å². The Morgan fingerprint density at radius 3 is 2.22 bits per heavy atom. The van der Waals surface area contributed by atoms with Crippen LogP contribution < -0.4 is 16.0 Å². The third-order valence-electron chi connectivity index (χ3n) is 8.18. The fraction of sp³-hybridized carbons (Fsp3) is 0.333. The number of hydrogen-bond acceptors (Lipinski definition) is 4. The van der Waals surface area contributed by atoms with Crippen LogP contribution in [0.1, 0.15) is 60.8 Å². The maximum absolute atomic E-state index is 13.3. The molecule has 1 aromatic heterocycles. The molecule has 3 N–H and O–H groups in total. The normalized spacial score (nSPS) is 13.7. The molecule has 1 fully saturated rings. The molecule has 234 valence electrons. The van der Waals surface area contributed by atoms with Gasteiger partial charge in [0.2, 0.25) is 5.91 Å². The number of para-hydroxylation sites is 1. The number of carbonyl (C=O) groups is 3. The number of carbonyl (C=O) groups excluding carboxylic acids is 3. The van der Waals surface area contributed by atoms with Gasteiger partial charge in [-0.25, -0.2) is 9.48 Å². The smallest absolute Gasteiger partial charge is 0.324 e. The maximum atomic E-state index is 13.3. The van der Waals surface area contributed by atoms with E-state index in [0.29, 0.717) is 30.4 Å². The number of nitrogens with one attached hydrogen (secondary N) is 3. The van der Waals surface area contributed by atoms with Gasteiger partial charge in [-0.1, -0.05) is 74.9 Å². The van der Waals surface area contributed by atoms with E-state index in [2.05, 4.69) is 36.7 Å². The SMILES string of the molecule is Cc1ccc(-n2nc(C(C)(C)C)cc2NC(=O)Nc2ccccc2CC2CCN(C(=O)CNC(=O)c3ccccc3)CC2)cc1. The fourth-order valence-corrected chi connectivity index (χ4v) is 5.47. The lowest BCUT2D eigenvalue weighted by molar-refractivity contribution is -0.131. The van der Waals surface area contributed by atoms with E-state index in [-0.39, 0.29) is 29.8 Å². The first-order valence-electron chi connectivity index (χ1n) is 15.5. The van der Waals surface area contributed by atoms with Crippen molar-refractivity contribution in [2.45, 2.75) is 52.4 Å². The first kappa shape index (κ1) is 31.5. The Morgan fingerprint density at radius 2 is 1.53 bits per heavy atom. The van der Waals surface area contributed by atoms with Gasteiger partial charge in [0.25, 0.3) is 5.91 Å². The van der Waals surface area contributed by atoms with Gasteiger partial charge in [-0.15, -0.1) is 0 Å². The molecular formula is C36H42N6O3. The predicted molar refractivity (Wildman–Crippen MR) is 178 cm³/mol. The summed E-state index contributed by atoms with van der Waals surface area (Å²) in [6.07, 6.45) is 2.49. The van der Waals surface area contributed by atoms with Gasteiger partial charge in [-0.3, -0.25) is 14.9 Å².